The number of halogens is 1. The fourth-order valence-electron chi connectivity index (χ4n) is 2.42. The third kappa shape index (κ3) is 4.91. The molecule has 1 aliphatic heterocycles. The second kappa shape index (κ2) is 8.45. The molecule has 0 aliphatic carbocycles. The van der Waals surface area contributed by atoms with Crippen LogP contribution in [0.3, 0.4) is 0 Å². The third-order valence-electron chi connectivity index (χ3n) is 3.57. The molecule has 0 atom stereocenters. The number of aromatic nitrogens is 2. The lowest BCUT2D eigenvalue weighted by Crippen LogP contribution is -2.34. The van der Waals surface area contributed by atoms with Crippen molar-refractivity contribution < 1.29 is 9.53 Å². The number of rotatable bonds is 4. The predicted octanol–water partition coefficient (Wildman–Crippen LogP) is 2.63. The number of piperidine rings is 1. The fraction of sp³-hybridized carbons (Fsp3) is 0.312. The van der Waals surface area contributed by atoms with Gasteiger partial charge < -0.3 is 15.4 Å². The van der Waals surface area contributed by atoms with Crippen molar-refractivity contribution in [3.8, 4) is 11.6 Å². The second-order valence-corrected chi connectivity index (χ2v) is 5.19. The van der Waals surface area contributed by atoms with Gasteiger partial charge in [0.2, 0.25) is 11.8 Å². The molecule has 0 saturated carbocycles. The lowest BCUT2D eigenvalue weighted by atomic mass is 9.97. The Bertz CT molecular complexity index is 633. The maximum absolute atomic E-state index is 12.2. The first-order chi connectivity index (χ1) is 10.8. The Labute approximate surface area is 141 Å². The van der Waals surface area contributed by atoms with Gasteiger partial charge in [-0.05, 0) is 38.1 Å². The molecule has 1 aromatic heterocycles. The van der Waals surface area contributed by atoms with Gasteiger partial charge in [0, 0.05) is 30.1 Å². The molecule has 0 radical (unpaired) electrons. The number of carbonyl (C=O) groups excluding carboxylic acids is 1. The van der Waals surface area contributed by atoms with Crippen LogP contribution in [-0.4, -0.2) is 29.0 Å². The zero-order valence-corrected chi connectivity index (χ0v) is 13.4. The van der Waals surface area contributed by atoms with Crippen molar-refractivity contribution in [2.75, 3.05) is 18.4 Å². The molecule has 1 amide bonds. The van der Waals surface area contributed by atoms with Gasteiger partial charge in [-0.2, -0.15) is 0 Å². The summed E-state index contributed by atoms with van der Waals surface area (Å²) < 4.78 is 5.61. The summed E-state index contributed by atoms with van der Waals surface area (Å²) in [5.74, 6) is 1.18. The lowest BCUT2D eigenvalue weighted by Gasteiger charge is -2.21. The fourth-order valence-corrected chi connectivity index (χ4v) is 2.42. The van der Waals surface area contributed by atoms with E-state index in [2.05, 4.69) is 20.6 Å². The lowest BCUT2D eigenvalue weighted by molar-refractivity contribution is -0.120. The standard InChI is InChI=1S/C16H18N4O2.ClH/c21-16(12-4-6-17-7-5-12)20-13-2-1-3-14(10-13)22-15-11-18-8-9-19-15;/h1-3,8-12,17H,4-7H2,(H,20,21);1H. The van der Waals surface area contributed by atoms with Crippen molar-refractivity contribution in [2.24, 2.45) is 5.92 Å². The first-order valence-electron chi connectivity index (χ1n) is 7.37. The van der Waals surface area contributed by atoms with Gasteiger partial charge in [0.15, 0.2) is 0 Å². The number of nitrogens with zero attached hydrogens (tertiary/aromatic N) is 2. The van der Waals surface area contributed by atoms with E-state index in [-0.39, 0.29) is 24.2 Å². The van der Waals surface area contributed by atoms with Gasteiger partial charge in [-0.25, -0.2) is 4.98 Å². The van der Waals surface area contributed by atoms with Crippen LogP contribution in [0, 0.1) is 5.92 Å². The Balaban J connectivity index is 0.00000192. The third-order valence-corrected chi connectivity index (χ3v) is 3.57. The molecular formula is C16H19ClN4O2. The van der Waals surface area contributed by atoms with Crippen LogP contribution in [0.25, 0.3) is 0 Å². The highest BCUT2D eigenvalue weighted by Crippen LogP contribution is 2.23. The van der Waals surface area contributed by atoms with Crippen LogP contribution in [0.5, 0.6) is 11.6 Å². The van der Waals surface area contributed by atoms with E-state index in [1.54, 1.807) is 24.7 Å². The van der Waals surface area contributed by atoms with E-state index in [0.29, 0.717) is 11.6 Å². The van der Waals surface area contributed by atoms with Crippen molar-refractivity contribution >= 4 is 24.0 Å². The molecule has 2 heterocycles. The summed E-state index contributed by atoms with van der Waals surface area (Å²) in [4.78, 5) is 20.2. The smallest absolute Gasteiger partial charge is 0.237 e. The Hall–Kier alpha value is -2.18. The first-order valence-corrected chi connectivity index (χ1v) is 7.37. The van der Waals surface area contributed by atoms with Gasteiger partial charge in [-0.3, -0.25) is 9.78 Å². The van der Waals surface area contributed by atoms with Gasteiger partial charge in [-0.15, -0.1) is 12.4 Å². The summed E-state index contributed by atoms with van der Waals surface area (Å²) in [6.07, 6.45) is 6.45. The van der Waals surface area contributed by atoms with E-state index in [0.717, 1.165) is 31.6 Å². The van der Waals surface area contributed by atoms with Crippen molar-refractivity contribution in [3.63, 3.8) is 0 Å². The monoisotopic (exact) mass is 334 g/mol. The van der Waals surface area contributed by atoms with Crippen molar-refractivity contribution in [2.45, 2.75) is 12.8 Å². The minimum Gasteiger partial charge on any atom is -0.437 e. The average molecular weight is 335 g/mol. The minimum absolute atomic E-state index is 0. The van der Waals surface area contributed by atoms with Crippen LogP contribution in [0.1, 0.15) is 12.8 Å². The molecule has 122 valence electrons. The Kier molecular flexibility index (Phi) is 6.31. The summed E-state index contributed by atoms with van der Waals surface area (Å²) in [6.45, 7) is 1.79. The Morgan fingerprint density at radius 1 is 1.26 bits per heavy atom. The molecule has 1 aromatic carbocycles. The number of hydrogen-bond acceptors (Lipinski definition) is 5. The summed E-state index contributed by atoms with van der Waals surface area (Å²) >= 11 is 0. The maximum atomic E-state index is 12.2. The van der Waals surface area contributed by atoms with E-state index in [4.69, 9.17) is 4.74 Å². The summed E-state index contributed by atoms with van der Waals surface area (Å²) in [5, 5.41) is 6.21. The predicted molar refractivity (Wildman–Crippen MR) is 90.0 cm³/mol. The molecule has 3 rings (SSSR count). The Morgan fingerprint density at radius 3 is 2.83 bits per heavy atom. The second-order valence-electron chi connectivity index (χ2n) is 5.19. The van der Waals surface area contributed by atoms with Crippen molar-refractivity contribution in [1.82, 2.24) is 15.3 Å². The minimum atomic E-state index is 0. The van der Waals surface area contributed by atoms with Crippen LogP contribution in [0.4, 0.5) is 5.69 Å². The van der Waals surface area contributed by atoms with Crippen molar-refractivity contribution in [1.29, 1.82) is 0 Å². The SMILES string of the molecule is Cl.O=C(Nc1cccc(Oc2cnccn2)c1)C1CCNCC1. The highest BCUT2D eigenvalue weighted by Gasteiger charge is 2.20. The highest BCUT2D eigenvalue weighted by atomic mass is 35.5. The molecule has 1 fully saturated rings. The number of anilines is 1. The average Bonchev–Trinajstić information content (AvgIpc) is 2.57. The molecule has 23 heavy (non-hydrogen) atoms. The van der Waals surface area contributed by atoms with E-state index in [1.165, 1.54) is 0 Å². The normalized spacial score (nSPS) is 14.6. The van der Waals surface area contributed by atoms with Gasteiger partial charge in [0.1, 0.15) is 5.75 Å². The quantitative estimate of drug-likeness (QED) is 0.899. The van der Waals surface area contributed by atoms with Crippen LogP contribution in [0.2, 0.25) is 0 Å². The maximum Gasteiger partial charge on any atom is 0.237 e. The van der Waals surface area contributed by atoms with Crippen LogP contribution in [0.15, 0.2) is 42.9 Å². The van der Waals surface area contributed by atoms with E-state index in [9.17, 15) is 4.79 Å². The molecule has 1 saturated heterocycles. The summed E-state index contributed by atoms with van der Waals surface area (Å²) in [5.41, 5.74) is 0.727. The van der Waals surface area contributed by atoms with Gasteiger partial charge in [-0.1, -0.05) is 6.07 Å². The highest BCUT2D eigenvalue weighted by molar-refractivity contribution is 5.92. The van der Waals surface area contributed by atoms with Crippen LogP contribution < -0.4 is 15.4 Å². The first kappa shape index (κ1) is 17.2. The van der Waals surface area contributed by atoms with Crippen molar-refractivity contribution in [3.05, 3.63) is 42.9 Å². The largest absolute Gasteiger partial charge is 0.437 e. The molecule has 0 spiro atoms. The molecule has 2 N–H and O–H groups in total. The summed E-state index contributed by atoms with van der Waals surface area (Å²) in [6, 6.07) is 7.29. The van der Waals surface area contributed by atoms with Gasteiger partial charge >= 0.3 is 0 Å². The molecule has 0 unspecified atom stereocenters. The van der Waals surface area contributed by atoms with Crippen LogP contribution in [-0.2, 0) is 4.79 Å². The number of nitrogens with one attached hydrogen (secondary N) is 2. The number of carbonyl (C=O) groups is 1. The van der Waals surface area contributed by atoms with E-state index >= 15 is 0 Å². The molecule has 2 aromatic rings. The molecule has 7 heteroatoms. The number of benzene rings is 1. The molecular weight excluding hydrogens is 316 g/mol. The van der Waals surface area contributed by atoms with E-state index < -0.39 is 0 Å². The number of ether oxygens (including phenoxy) is 1. The molecule has 6 nitrogen and oxygen atoms in total. The van der Waals surface area contributed by atoms with Gasteiger partial charge in [0.25, 0.3) is 0 Å². The van der Waals surface area contributed by atoms with Gasteiger partial charge in [0.05, 0.1) is 6.20 Å². The summed E-state index contributed by atoms with van der Waals surface area (Å²) in [7, 11) is 0. The zero-order chi connectivity index (χ0) is 15.2. The number of hydrogen-bond donors (Lipinski definition) is 2. The van der Waals surface area contributed by atoms with E-state index in [1.807, 2.05) is 18.2 Å². The van der Waals surface area contributed by atoms with Crippen LogP contribution >= 0.6 is 12.4 Å². The topological polar surface area (TPSA) is 76.1 Å². The molecule has 1 aliphatic rings. The Morgan fingerprint density at radius 2 is 2.09 bits per heavy atom. The zero-order valence-electron chi connectivity index (χ0n) is 12.6. The molecule has 0 bridgehead atoms. The number of amides is 1.